The topological polar surface area (TPSA) is 29.5 Å². The van der Waals surface area contributed by atoms with E-state index in [0.717, 1.165) is 16.6 Å². The van der Waals surface area contributed by atoms with Gasteiger partial charge < -0.3 is 9.84 Å². The molecule has 1 aromatic carbocycles. The Labute approximate surface area is 68.4 Å². The molecule has 1 atom stereocenters. The number of benzene rings is 1. The van der Waals surface area contributed by atoms with Crippen LogP contribution in [0.25, 0.3) is 0 Å². The minimum absolute atomic E-state index is 0.0193. The summed E-state index contributed by atoms with van der Waals surface area (Å²) in [7, 11) is 4.16. The Kier molecular flexibility index (Phi) is 2.86. The fourth-order valence-electron chi connectivity index (χ4n) is 0.978. The summed E-state index contributed by atoms with van der Waals surface area (Å²) in [6, 6.07) is 5.64. The first-order valence-electron chi connectivity index (χ1n) is 3.31. The summed E-state index contributed by atoms with van der Waals surface area (Å²) >= 11 is 0. The summed E-state index contributed by atoms with van der Waals surface area (Å²) in [6.45, 7) is 0.0193. The van der Waals surface area contributed by atoms with E-state index in [0.29, 0.717) is 0 Å². The minimum atomic E-state index is 0.0193. The molecule has 0 aliphatic heterocycles. The van der Waals surface area contributed by atoms with Crippen molar-refractivity contribution in [1.29, 1.82) is 0 Å². The van der Waals surface area contributed by atoms with Gasteiger partial charge in [-0.3, -0.25) is 0 Å². The summed E-state index contributed by atoms with van der Waals surface area (Å²) in [4.78, 5) is 0. The number of ether oxygens (including phenoxy) is 1. The van der Waals surface area contributed by atoms with E-state index in [1.807, 2.05) is 18.2 Å². The number of aliphatic hydroxyl groups excluding tert-OH is 1. The molecular formula is C8H11O2P. The molecule has 0 bridgehead atoms. The molecule has 0 aliphatic rings. The zero-order valence-electron chi connectivity index (χ0n) is 6.37. The van der Waals surface area contributed by atoms with Gasteiger partial charge in [-0.15, -0.1) is 9.24 Å². The van der Waals surface area contributed by atoms with Gasteiger partial charge in [0.1, 0.15) is 5.75 Å². The van der Waals surface area contributed by atoms with Crippen molar-refractivity contribution in [3.05, 3.63) is 23.8 Å². The van der Waals surface area contributed by atoms with Gasteiger partial charge in [-0.1, -0.05) is 18.2 Å². The van der Waals surface area contributed by atoms with E-state index >= 15 is 0 Å². The number of aliphatic hydroxyl groups is 1. The zero-order valence-corrected chi connectivity index (χ0v) is 7.53. The maximum absolute atomic E-state index is 8.88. The molecule has 0 aromatic heterocycles. The lowest BCUT2D eigenvalue weighted by atomic mass is 10.2. The predicted molar refractivity (Wildman–Crippen MR) is 48.3 cm³/mol. The van der Waals surface area contributed by atoms with Crippen molar-refractivity contribution in [2.24, 2.45) is 0 Å². The Bertz CT molecular complexity index is 248. The Morgan fingerprint density at radius 1 is 1.55 bits per heavy atom. The van der Waals surface area contributed by atoms with Crippen molar-refractivity contribution in [2.45, 2.75) is 6.61 Å². The van der Waals surface area contributed by atoms with Crippen molar-refractivity contribution in [3.8, 4) is 5.75 Å². The standard InChI is InChI=1S/C8H11O2P/c1-10-8-6(5-9)3-2-4-7(8)11/h2-4,9H,5,11H2,1H3. The first-order valence-corrected chi connectivity index (χ1v) is 3.89. The van der Waals surface area contributed by atoms with Crippen LogP contribution < -0.4 is 10.0 Å². The van der Waals surface area contributed by atoms with Crippen LogP contribution >= 0.6 is 9.24 Å². The molecule has 1 unspecified atom stereocenters. The molecule has 0 radical (unpaired) electrons. The normalized spacial score (nSPS) is 9.73. The largest absolute Gasteiger partial charge is 0.496 e. The SMILES string of the molecule is COc1c(P)cccc1CO. The lowest BCUT2D eigenvalue weighted by Gasteiger charge is -2.07. The van der Waals surface area contributed by atoms with Crippen molar-refractivity contribution in [3.63, 3.8) is 0 Å². The van der Waals surface area contributed by atoms with E-state index in [9.17, 15) is 0 Å². The zero-order chi connectivity index (χ0) is 8.27. The van der Waals surface area contributed by atoms with Crippen LogP contribution in [0.15, 0.2) is 18.2 Å². The summed E-state index contributed by atoms with van der Waals surface area (Å²) in [6.07, 6.45) is 0. The van der Waals surface area contributed by atoms with Crippen LogP contribution in [0.4, 0.5) is 0 Å². The molecule has 0 heterocycles. The Morgan fingerprint density at radius 2 is 2.27 bits per heavy atom. The number of rotatable bonds is 2. The molecule has 1 N–H and O–H groups in total. The molecule has 60 valence electrons. The van der Waals surface area contributed by atoms with Gasteiger partial charge in [-0.25, -0.2) is 0 Å². The smallest absolute Gasteiger partial charge is 0.131 e. The third kappa shape index (κ3) is 1.70. The number of hydrogen-bond donors (Lipinski definition) is 1. The van der Waals surface area contributed by atoms with E-state index in [2.05, 4.69) is 9.24 Å². The predicted octanol–water partition coefficient (Wildman–Crippen LogP) is 0.688. The average molecular weight is 170 g/mol. The minimum Gasteiger partial charge on any atom is -0.496 e. The van der Waals surface area contributed by atoms with Crippen LogP contribution in [0.3, 0.4) is 0 Å². The van der Waals surface area contributed by atoms with Crippen LogP contribution in [0.2, 0.25) is 0 Å². The van der Waals surface area contributed by atoms with Crippen molar-refractivity contribution < 1.29 is 9.84 Å². The maximum atomic E-state index is 8.88. The fourth-order valence-corrected chi connectivity index (χ4v) is 1.39. The first-order chi connectivity index (χ1) is 5.29. The Hall–Kier alpha value is -0.590. The first kappa shape index (κ1) is 8.51. The summed E-state index contributed by atoms with van der Waals surface area (Å²) in [5.74, 6) is 0.750. The van der Waals surface area contributed by atoms with Crippen LogP contribution in [0, 0.1) is 0 Å². The number of methoxy groups -OCH3 is 1. The average Bonchev–Trinajstić information content (AvgIpc) is 2.04. The molecule has 1 rings (SSSR count). The van der Waals surface area contributed by atoms with E-state index in [1.54, 1.807) is 7.11 Å². The highest BCUT2D eigenvalue weighted by atomic mass is 31.0. The number of para-hydroxylation sites is 1. The molecule has 3 heteroatoms. The van der Waals surface area contributed by atoms with Gasteiger partial charge in [0.05, 0.1) is 13.7 Å². The van der Waals surface area contributed by atoms with Gasteiger partial charge in [0.2, 0.25) is 0 Å². The molecule has 0 amide bonds. The Morgan fingerprint density at radius 3 is 2.73 bits per heavy atom. The van der Waals surface area contributed by atoms with Gasteiger partial charge >= 0.3 is 0 Å². The number of hydrogen-bond acceptors (Lipinski definition) is 2. The van der Waals surface area contributed by atoms with Crippen LogP contribution in [-0.2, 0) is 6.61 Å². The van der Waals surface area contributed by atoms with Crippen molar-refractivity contribution in [1.82, 2.24) is 0 Å². The van der Waals surface area contributed by atoms with Crippen LogP contribution in [-0.4, -0.2) is 12.2 Å². The molecule has 0 aliphatic carbocycles. The third-order valence-corrected chi connectivity index (χ3v) is 1.96. The van der Waals surface area contributed by atoms with Gasteiger partial charge in [0.25, 0.3) is 0 Å². The second-order valence-corrected chi connectivity index (χ2v) is 2.82. The van der Waals surface area contributed by atoms with Gasteiger partial charge in [-0.05, 0) is 0 Å². The fraction of sp³-hybridized carbons (Fsp3) is 0.250. The second-order valence-electron chi connectivity index (χ2n) is 2.20. The summed E-state index contributed by atoms with van der Waals surface area (Å²) < 4.78 is 5.09. The monoisotopic (exact) mass is 170 g/mol. The summed E-state index contributed by atoms with van der Waals surface area (Å²) in [5, 5.41) is 9.86. The van der Waals surface area contributed by atoms with E-state index in [-0.39, 0.29) is 6.61 Å². The molecule has 11 heavy (non-hydrogen) atoms. The second kappa shape index (κ2) is 3.70. The molecule has 0 spiro atoms. The molecular weight excluding hydrogens is 159 g/mol. The van der Waals surface area contributed by atoms with E-state index < -0.39 is 0 Å². The van der Waals surface area contributed by atoms with Crippen LogP contribution in [0.1, 0.15) is 5.56 Å². The van der Waals surface area contributed by atoms with Crippen molar-refractivity contribution >= 4 is 14.5 Å². The molecule has 1 aromatic rings. The lowest BCUT2D eigenvalue weighted by Crippen LogP contribution is -2.02. The van der Waals surface area contributed by atoms with E-state index in [1.165, 1.54) is 0 Å². The molecule has 0 saturated carbocycles. The quantitative estimate of drug-likeness (QED) is 0.661. The van der Waals surface area contributed by atoms with Crippen molar-refractivity contribution in [2.75, 3.05) is 7.11 Å². The van der Waals surface area contributed by atoms with Crippen LogP contribution in [0.5, 0.6) is 5.75 Å². The highest BCUT2D eigenvalue weighted by molar-refractivity contribution is 7.27. The van der Waals surface area contributed by atoms with E-state index in [4.69, 9.17) is 9.84 Å². The molecule has 0 saturated heterocycles. The molecule has 2 nitrogen and oxygen atoms in total. The Balaban J connectivity index is 3.13. The van der Waals surface area contributed by atoms with Gasteiger partial charge in [0.15, 0.2) is 0 Å². The van der Waals surface area contributed by atoms with Gasteiger partial charge in [-0.2, -0.15) is 0 Å². The highest BCUT2D eigenvalue weighted by Crippen LogP contribution is 2.16. The molecule has 0 fully saturated rings. The third-order valence-electron chi connectivity index (χ3n) is 1.50. The lowest BCUT2D eigenvalue weighted by molar-refractivity contribution is 0.274. The summed E-state index contributed by atoms with van der Waals surface area (Å²) in [5.41, 5.74) is 0.819. The maximum Gasteiger partial charge on any atom is 0.131 e. The van der Waals surface area contributed by atoms with Gasteiger partial charge in [0, 0.05) is 10.9 Å². The highest BCUT2D eigenvalue weighted by Gasteiger charge is 2.02.